The van der Waals surface area contributed by atoms with Crippen molar-refractivity contribution < 1.29 is 22.6 Å². The van der Waals surface area contributed by atoms with Crippen molar-refractivity contribution in [3.05, 3.63) is 36.3 Å². The molecule has 1 atom stereocenters. The summed E-state index contributed by atoms with van der Waals surface area (Å²) in [5, 5.41) is 0. The van der Waals surface area contributed by atoms with Crippen LogP contribution in [0.1, 0.15) is 25.1 Å². The van der Waals surface area contributed by atoms with Crippen LogP contribution in [-0.4, -0.2) is 35.1 Å². The van der Waals surface area contributed by atoms with E-state index in [2.05, 4.69) is 14.7 Å². The number of H-pyrrole nitrogens is 1. The molecule has 130 valence electrons. The lowest BCUT2D eigenvalue weighted by Crippen LogP contribution is -2.61. The van der Waals surface area contributed by atoms with Gasteiger partial charge in [0.1, 0.15) is 11.6 Å². The molecule has 1 saturated heterocycles. The molecule has 2 heterocycles. The van der Waals surface area contributed by atoms with Crippen LogP contribution in [0.4, 0.5) is 13.2 Å². The van der Waals surface area contributed by atoms with Crippen molar-refractivity contribution in [2.75, 3.05) is 13.2 Å². The van der Waals surface area contributed by atoms with Crippen molar-refractivity contribution in [1.82, 2.24) is 9.97 Å². The number of ether oxygens (including phenoxy) is 2. The Kier molecular flexibility index (Phi) is 4.27. The number of alkyl halides is 3. The summed E-state index contributed by atoms with van der Waals surface area (Å²) in [6, 6.07) is 5.59. The number of hydrogen-bond donors (Lipinski definition) is 2. The van der Waals surface area contributed by atoms with Crippen molar-refractivity contribution >= 4 is 0 Å². The van der Waals surface area contributed by atoms with Gasteiger partial charge in [0.05, 0.1) is 24.4 Å². The summed E-state index contributed by atoms with van der Waals surface area (Å²) >= 11 is 0. The van der Waals surface area contributed by atoms with Gasteiger partial charge in [0, 0.05) is 17.7 Å². The lowest BCUT2D eigenvalue weighted by Gasteiger charge is -2.43. The molecule has 3 N–H and O–H groups in total. The highest BCUT2D eigenvalue weighted by Gasteiger charge is 2.43. The summed E-state index contributed by atoms with van der Waals surface area (Å²) < 4.78 is 45.6. The number of benzene rings is 1. The smallest absolute Gasteiger partial charge is 0.406 e. The molecule has 1 aliphatic heterocycles. The SMILES string of the molecule is CC[C@@H](c1nc(-c2ccc(OC(F)(F)F)cc2)c[nH]1)C1(N)COC1. The first-order chi connectivity index (χ1) is 11.3. The molecule has 0 spiro atoms. The second-order valence-electron chi connectivity index (χ2n) is 5.93. The zero-order valence-electron chi connectivity index (χ0n) is 13.1. The zero-order chi connectivity index (χ0) is 17.4. The summed E-state index contributed by atoms with van der Waals surface area (Å²) in [7, 11) is 0. The lowest BCUT2D eigenvalue weighted by molar-refractivity contribution is -0.274. The molecule has 0 aliphatic carbocycles. The maximum absolute atomic E-state index is 12.2. The topological polar surface area (TPSA) is 73.2 Å². The summed E-state index contributed by atoms with van der Waals surface area (Å²) in [5.74, 6) is 0.530. The summed E-state index contributed by atoms with van der Waals surface area (Å²) in [6.45, 7) is 3.01. The molecule has 24 heavy (non-hydrogen) atoms. The number of rotatable bonds is 5. The van der Waals surface area contributed by atoms with Crippen LogP contribution in [0.25, 0.3) is 11.3 Å². The average Bonchev–Trinajstić information content (AvgIpc) is 2.95. The molecule has 0 radical (unpaired) electrons. The molecule has 5 nitrogen and oxygen atoms in total. The molecule has 2 aromatic rings. The van der Waals surface area contributed by atoms with Gasteiger partial charge in [-0.1, -0.05) is 6.92 Å². The standard InChI is InChI=1S/C16H18F3N3O2/c1-2-12(15(20)8-23-9-15)14-21-7-13(22-14)10-3-5-11(6-4-10)24-16(17,18)19/h3-7,12H,2,8-9,20H2,1H3,(H,21,22)/t12-/m0/s1. The largest absolute Gasteiger partial charge is 0.573 e. The molecule has 8 heteroatoms. The molecule has 3 rings (SSSR count). The van der Waals surface area contributed by atoms with E-state index in [0.29, 0.717) is 24.5 Å². The van der Waals surface area contributed by atoms with Gasteiger partial charge in [0.25, 0.3) is 0 Å². The third kappa shape index (κ3) is 3.39. The molecule has 1 aromatic carbocycles. The second-order valence-corrected chi connectivity index (χ2v) is 5.93. The van der Waals surface area contributed by atoms with Gasteiger partial charge >= 0.3 is 6.36 Å². The number of nitrogens with one attached hydrogen (secondary N) is 1. The molecule has 0 saturated carbocycles. The minimum Gasteiger partial charge on any atom is -0.406 e. The Morgan fingerprint density at radius 2 is 2.00 bits per heavy atom. The fourth-order valence-electron chi connectivity index (χ4n) is 2.90. The molecule has 1 aromatic heterocycles. The minimum absolute atomic E-state index is 0.0350. The molecule has 0 amide bonds. The molecule has 0 bridgehead atoms. The normalized spacial score (nSPS) is 18.0. The number of halogens is 3. The monoisotopic (exact) mass is 341 g/mol. The first kappa shape index (κ1) is 16.8. The maximum Gasteiger partial charge on any atom is 0.573 e. The van der Waals surface area contributed by atoms with Gasteiger partial charge in [0.15, 0.2) is 0 Å². The van der Waals surface area contributed by atoms with Gasteiger partial charge in [0.2, 0.25) is 0 Å². The van der Waals surface area contributed by atoms with E-state index in [1.54, 1.807) is 6.20 Å². The highest BCUT2D eigenvalue weighted by Crippen LogP contribution is 2.34. The van der Waals surface area contributed by atoms with Crippen molar-refractivity contribution in [2.24, 2.45) is 5.73 Å². The molecule has 1 fully saturated rings. The van der Waals surface area contributed by atoms with Crippen LogP contribution < -0.4 is 10.5 Å². The number of nitrogens with two attached hydrogens (primary N) is 1. The number of hydrogen-bond acceptors (Lipinski definition) is 4. The maximum atomic E-state index is 12.2. The van der Waals surface area contributed by atoms with Crippen LogP contribution in [-0.2, 0) is 4.74 Å². The Morgan fingerprint density at radius 1 is 1.33 bits per heavy atom. The van der Waals surface area contributed by atoms with Gasteiger partial charge in [-0.3, -0.25) is 0 Å². The van der Waals surface area contributed by atoms with E-state index in [-0.39, 0.29) is 11.7 Å². The first-order valence-electron chi connectivity index (χ1n) is 7.59. The van der Waals surface area contributed by atoms with E-state index in [9.17, 15) is 13.2 Å². The highest BCUT2D eigenvalue weighted by molar-refractivity contribution is 5.59. The number of aromatic nitrogens is 2. The van der Waals surface area contributed by atoms with Crippen molar-refractivity contribution in [1.29, 1.82) is 0 Å². The summed E-state index contributed by atoms with van der Waals surface area (Å²) in [5.41, 5.74) is 7.22. The van der Waals surface area contributed by atoms with E-state index in [1.165, 1.54) is 24.3 Å². The van der Waals surface area contributed by atoms with Crippen molar-refractivity contribution in [2.45, 2.75) is 31.2 Å². The summed E-state index contributed by atoms with van der Waals surface area (Å²) in [6.07, 6.45) is -2.17. The Labute approximate surface area is 137 Å². The Hall–Kier alpha value is -2.06. The fourth-order valence-corrected chi connectivity index (χ4v) is 2.90. The van der Waals surface area contributed by atoms with E-state index in [1.807, 2.05) is 6.92 Å². The predicted molar refractivity (Wildman–Crippen MR) is 81.5 cm³/mol. The highest BCUT2D eigenvalue weighted by atomic mass is 19.4. The Bertz CT molecular complexity index is 693. The van der Waals surface area contributed by atoms with Gasteiger partial charge < -0.3 is 20.2 Å². The first-order valence-corrected chi connectivity index (χ1v) is 7.59. The van der Waals surface area contributed by atoms with Gasteiger partial charge in [-0.2, -0.15) is 0 Å². The van der Waals surface area contributed by atoms with Crippen LogP contribution in [0, 0.1) is 0 Å². The Balaban J connectivity index is 1.78. The molecule has 1 aliphatic rings. The minimum atomic E-state index is -4.70. The van der Waals surface area contributed by atoms with E-state index in [4.69, 9.17) is 10.5 Å². The van der Waals surface area contributed by atoms with Gasteiger partial charge in [-0.25, -0.2) is 4.98 Å². The third-order valence-corrected chi connectivity index (χ3v) is 4.16. The van der Waals surface area contributed by atoms with Crippen molar-refractivity contribution in [3.8, 4) is 17.0 Å². The van der Waals surface area contributed by atoms with Crippen LogP contribution in [0.3, 0.4) is 0 Å². The van der Waals surface area contributed by atoms with Gasteiger partial charge in [-0.15, -0.1) is 13.2 Å². The lowest BCUT2D eigenvalue weighted by atomic mass is 9.81. The number of aromatic amines is 1. The molecular formula is C16H18F3N3O2. The van der Waals surface area contributed by atoms with Crippen molar-refractivity contribution in [3.63, 3.8) is 0 Å². The van der Waals surface area contributed by atoms with E-state index in [0.717, 1.165) is 12.2 Å². The molecule has 0 unspecified atom stereocenters. The quantitative estimate of drug-likeness (QED) is 0.876. The van der Waals surface area contributed by atoms with Crippen LogP contribution in [0.15, 0.2) is 30.5 Å². The molecular weight excluding hydrogens is 323 g/mol. The third-order valence-electron chi connectivity index (χ3n) is 4.16. The Morgan fingerprint density at radius 3 is 2.50 bits per heavy atom. The fraction of sp³-hybridized carbons (Fsp3) is 0.438. The number of imidazole rings is 1. The van der Waals surface area contributed by atoms with Crippen LogP contribution >= 0.6 is 0 Å². The van der Waals surface area contributed by atoms with E-state index < -0.39 is 11.9 Å². The van der Waals surface area contributed by atoms with Crippen LogP contribution in [0.2, 0.25) is 0 Å². The summed E-state index contributed by atoms with van der Waals surface area (Å²) in [4.78, 5) is 7.67. The van der Waals surface area contributed by atoms with E-state index >= 15 is 0 Å². The van der Waals surface area contributed by atoms with Crippen LogP contribution in [0.5, 0.6) is 5.75 Å². The van der Waals surface area contributed by atoms with Gasteiger partial charge in [-0.05, 0) is 30.7 Å². The average molecular weight is 341 g/mol. The predicted octanol–water partition coefficient (Wildman–Crippen LogP) is 3.20. The number of nitrogens with zero attached hydrogens (tertiary/aromatic N) is 1. The zero-order valence-corrected chi connectivity index (χ0v) is 13.1. The second kappa shape index (κ2) is 6.10.